The SMILES string of the molecule is CCC1=CCNC(C)C1. The minimum absolute atomic E-state index is 0.699. The average molecular weight is 125 g/mol. The third-order valence-corrected chi connectivity index (χ3v) is 1.88. The molecule has 0 bridgehead atoms. The molecule has 0 aliphatic carbocycles. The van der Waals surface area contributed by atoms with Gasteiger partial charge in [-0.05, 0) is 19.8 Å². The van der Waals surface area contributed by atoms with Crippen LogP contribution in [0.1, 0.15) is 26.7 Å². The Morgan fingerprint density at radius 1 is 1.78 bits per heavy atom. The summed E-state index contributed by atoms with van der Waals surface area (Å²) in [5, 5.41) is 3.37. The van der Waals surface area contributed by atoms with Crippen LogP contribution in [0.3, 0.4) is 0 Å². The monoisotopic (exact) mass is 125 g/mol. The maximum absolute atomic E-state index is 3.37. The highest BCUT2D eigenvalue weighted by atomic mass is 14.9. The maximum Gasteiger partial charge on any atom is 0.0140 e. The molecule has 0 fully saturated rings. The van der Waals surface area contributed by atoms with Crippen molar-refractivity contribution in [1.29, 1.82) is 0 Å². The molecule has 0 amide bonds. The van der Waals surface area contributed by atoms with Crippen LogP contribution in [-0.2, 0) is 0 Å². The number of hydrogen-bond acceptors (Lipinski definition) is 1. The highest BCUT2D eigenvalue weighted by Gasteiger charge is 2.06. The lowest BCUT2D eigenvalue weighted by Crippen LogP contribution is -2.30. The van der Waals surface area contributed by atoms with Crippen LogP contribution in [0.5, 0.6) is 0 Å². The number of hydrogen-bond donors (Lipinski definition) is 1. The number of nitrogens with one attached hydrogen (secondary N) is 1. The zero-order chi connectivity index (χ0) is 6.69. The summed E-state index contributed by atoms with van der Waals surface area (Å²) < 4.78 is 0. The fourth-order valence-corrected chi connectivity index (χ4v) is 1.24. The topological polar surface area (TPSA) is 12.0 Å². The van der Waals surface area contributed by atoms with Crippen molar-refractivity contribution in [2.75, 3.05) is 6.54 Å². The van der Waals surface area contributed by atoms with E-state index in [1.54, 1.807) is 5.57 Å². The standard InChI is InChI=1S/C8H15N/c1-3-8-4-5-9-7(2)6-8/h4,7,9H,3,5-6H2,1-2H3. The van der Waals surface area contributed by atoms with Crippen LogP contribution in [-0.4, -0.2) is 12.6 Å². The molecule has 1 aliphatic heterocycles. The van der Waals surface area contributed by atoms with Crippen LogP contribution in [0.15, 0.2) is 11.6 Å². The van der Waals surface area contributed by atoms with Crippen molar-refractivity contribution in [2.24, 2.45) is 0 Å². The summed E-state index contributed by atoms with van der Waals surface area (Å²) in [6.07, 6.45) is 4.78. The molecule has 0 aromatic rings. The Balaban J connectivity index is 2.43. The van der Waals surface area contributed by atoms with Crippen molar-refractivity contribution in [3.8, 4) is 0 Å². The van der Waals surface area contributed by atoms with E-state index in [1.807, 2.05) is 0 Å². The third kappa shape index (κ3) is 1.83. The molecule has 1 rings (SSSR count). The molecule has 0 aromatic heterocycles. The Kier molecular flexibility index (Phi) is 2.29. The lowest BCUT2D eigenvalue weighted by atomic mass is 10.0. The van der Waals surface area contributed by atoms with Gasteiger partial charge in [0.2, 0.25) is 0 Å². The van der Waals surface area contributed by atoms with Crippen LogP contribution in [0.4, 0.5) is 0 Å². The van der Waals surface area contributed by atoms with Crippen molar-refractivity contribution < 1.29 is 0 Å². The Labute approximate surface area is 57.1 Å². The second-order valence-corrected chi connectivity index (χ2v) is 2.73. The smallest absolute Gasteiger partial charge is 0.0140 e. The van der Waals surface area contributed by atoms with E-state index >= 15 is 0 Å². The van der Waals surface area contributed by atoms with Gasteiger partial charge in [-0.1, -0.05) is 18.6 Å². The molecule has 1 N–H and O–H groups in total. The minimum atomic E-state index is 0.699. The number of rotatable bonds is 1. The maximum atomic E-state index is 3.37. The van der Waals surface area contributed by atoms with Gasteiger partial charge in [-0.3, -0.25) is 0 Å². The molecule has 0 saturated carbocycles. The second-order valence-electron chi connectivity index (χ2n) is 2.73. The lowest BCUT2D eigenvalue weighted by Gasteiger charge is -2.19. The van der Waals surface area contributed by atoms with Crippen molar-refractivity contribution in [3.05, 3.63) is 11.6 Å². The van der Waals surface area contributed by atoms with Crippen molar-refractivity contribution in [1.82, 2.24) is 5.32 Å². The van der Waals surface area contributed by atoms with Crippen molar-refractivity contribution >= 4 is 0 Å². The van der Waals surface area contributed by atoms with E-state index in [4.69, 9.17) is 0 Å². The molecule has 9 heavy (non-hydrogen) atoms. The van der Waals surface area contributed by atoms with Crippen LogP contribution < -0.4 is 5.32 Å². The van der Waals surface area contributed by atoms with Gasteiger partial charge >= 0.3 is 0 Å². The first kappa shape index (κ1) is 6.81. The normalized spacial score (nSPS) is 27.8. The highest BCUT2D eigenvalue weighted by Crippen LogP contribution is 2.12. The summed E-state index contributed by atoms with van der Waals surface area (Å²) in [4.78, 5) is 0. The van der Waals surface area contributed by atoms with Crippen LogP contribution in [0.2, 0.25) is 0 Å². The van der Waals surface area contributed by atoms with E-state index in [9.17, 15) is 0 Å². The van der Waals surface area contributed by atoms with Gasteiger partial charge in [0.15, 0.2) is 0 Å². The van der Waals surface area contributed by atoms with Gasteiger partial charge in [0.05, 0.1) is 0 Å². The molecule has 0 saturated heterocycles. The third-order valence-electron chi connectivity index (χ3n) is 1.88. The second kappa shape index (κ2) is 3.02. The highest BCUT2D eigenvalue weighted by molar-refractivity contribution is 5.07. The van der Waals surface area contributed by atoms with E-state index in [2.05, 4.69) is 25.2 Å². The van der Waals surface area contributed by atoms with Gasteiger partial charge in [0.1, 0.15) is 0 Å². The molecule has 52 valence electrons. The quantitative estimate of drug-likeness (QED) is 0.526. The fourth-order valence-electron chi connectivity index (χ4n) is 1.24. The summed E-state index contributed by atoms with van der Waals surface area (Å²) in [5.41, 5.74) is 1.61. The van der Waals surface area contributed by atoms with Gasteiger partial charge < -0.3 is 5.32 Å². The first-order chi connectivity index (χ1) is 4.33. The summed E-state index contributed by atoms with van der Waals surface area (Å²) in [5.74, 6) is 0. The van der Waals surface area contributed by atoms with Crippen LogP contribution >= 0.6 is 0 Å². The molecule has 1 atom stereocenters. The minimum Gasteiger partial charge on any atom is -0.310 e. The Morgan fingerprint density at radius 2 is 2.56 bits per heavy atom. The largest absolute Gasteiger partial charge is 0.310 e. The molecular formula is C8H15N. The predicted molar refractivity (Wildman–Crippen MR) is 40.5 cm³/mol. The zero-order valence-corrected chi connectivity index (χ0v) is 6.28. The summed E-state index contributed by atoms with van der Waals surface area (Å²) >= 11 is 0. The van der Waals surface area contributed by atoms with Gasteiger partial charge in [-0.15, -0.1) is 0 Å². The fraction of sp³-hybridized carbons (Fsp3) is 0.750. The molecule has 1 heterocycles. The zero-order valence-electron chi connectivity index (χ0n) is 6.28. The molecule has 0 spiro atoms. The molecule has 1 heteroatoms. The van der Waals surface area contributed by atoms with Gasteiger partial charge in [0, 0.05) is 12.6 Å². The lowest BCUT2D eigenvalue weighted by molar-refractivity contribution is 0.545. The Hall–Kier alpha value is -0.300. The molecular weight excluding hydrogens is 110 g/mol. The van der Waals surface area contributed by atoms with E-state index in [-0.39, 0.29) is 0 Å². The predicted octanol–water partition coefficient (Wildman–Crippen LogP) is 1.70. The first-order valence-corrected chi connectivity index (χ1v) is 3.74. The van der Waals surface area contributed by atoms with Crippen molar-refractivity contribution in [2.45, 2.75) is 32.7 Å². The summed E-state index contributed by atoms with van der Waals surface area (Å²) in [6.45, 7) is 5.54. The Bertz CT molecular complexity index is 116. The van der Waals surface area contributed by atoms with E-state index in [0.717, 1.165) is 6.54 Å². The molecule has 0 radical (unpaired) electrons. The average Bonchev–Trinajstić information content (AvgIpc) is 1.88. The van der Waals surface area contributed by atoms with E-state index in [1.165, 1.54) is 12.8 Å². The molecule has 1 unspecified atom stereocenters. The van der Waals surface area contributed by atoms with Gasteiger partial charge in [-0.2, -0.15) is 0 Å². The molecule has 1 aliphatic rings. The molecule has 0 aromatic carbocycles. The van der Waals surface area contributed by atoms with Crippen LogP contribution in [0.25, 0.3) is 0 Å². The van der Waals surface area contributed by atoms with Gasteiger partial charge in [0.25, 0.3) is 0 Å². The Morgan fingerprint density at radius 3 is 3.00 bits per heavy atom. The summed E-state index contributed by atoms with van der Waals surface area (Å²) in [6, 6.07) is 0.699. The van der Waals surface area contributed by atoms with Crippen LogP contribution in [0, 0.1) is 0 Å². The molecule has 1 nitrogen and oxygen atoms in total. The first-order valence-electron chi connectivity index (χ1n) is 3.74. The van der Waals surface area contributed by atoms with Gasteiger partial charge in [-0.25, -0.2) is 0 Å². The van der Waals surface area contributed by atoms with E-state index < -0.39 is 0 Å². The van der Waals surface area contributed by atoms with E-state index in [0.29, 0.717) is 6.04 Å². The summed E-state index contributed by atoms with van der Waals surface area (Å²) in [7, 11) is 0. The van der Waals surface area contributed by atoms with Crippen molar-refractivity contribution in [3.63, 3.8) is 0 Å².